The second-order valence-electron chi connectivity index (χ2n) is 7.08. The quantitative estimate of drug-likeness (QED) is 0.928. The van der Waals surface area contributed by atoms with Gasteiger partial charge in [0, 0.05) is 6.54 Å². The second kappa shape index (κ2) is 5.51. The van der Waals surface area contributed by atoms with Crippen LogP contribution in [-0.4, -0.2) is 29.8 Å². The lowest BCUT2D eigenvalue weighted by molar-refractivity contribution is -0.150. The molecule has 1 aliphatic heterocycles. The van der Waals surface area contributed by atoms with E-state index in [1.165, 1.54) is 0 Å². The Labute approximate surface area is 126 Å². The number of hydrogen-bond acceptors (Lipinski definition) is 2. The number of rotatable bonds is 3. The molecule has 1 heterocycles. The van der Waals surface area contributed by atoms with Gasteiger partial charge in [-0.2, -0.15) is 0 Å². The molecule has 1 aromatic rings. The lowest BCUT2D eigenvalue weighted by atomic mass is 9.87. The summed E-state index contributed by atoms with van der Waals surface area (Å²) < 4.78 is 0. The molecular weight excluding hydrogens is 264 g/mol. The third-order valence-corrected chi connectivity index (χ3v) is 3.92. The number of nitrogens with one attached hydrogen (secondary N) is 1. The van der Waals surface area contributed by atoms with Gasteiger partial charge in [-0.05, 0) is 24.3 Å². The summed E-state index contributed by atoms with van der Waals surface area (Å²) in [6.07, 6.45) is 0.872. The van der Waals surface area contributed by atoms with E-state index in [9.17, 15) is 9.59 Å². The number of carbonyl (C=O) groups excluding carboxylic acids is 2. The Bertz CT molecular complexity index is 533. The van der Waals surface area contributed by atoms with Crippen LogP contribution in [0.2, 0.25) is 0 Å². The molecule has 0 radical (unpaired) electrons. The normalized spacial score (nSPS) is 23.1. The molecule has 0 aromatic heterocycles. The number of piperazine rings is 1. The number of nitrogens with zero attached hydrogens (tertiary/aromatic N) is 1. The molecule has 1 N–H and O–H groups in total. The van der Waals surface area contributed by atoms with E-state index in [4.69, 9.17) is 0 Å². The number of carbonyl (C=O) groups is 2. The van der Waals surface area contributed by atoms with Crippen LogP contribution >= 0.6 is 0 Å². The largest absolute Gasteiger partial charge is 0.337 e. The zero-order valence-corrected chi connectivity index (χ0v) is 13.3. The van der Waals surface area contributed by atoms with Gasteiger partial charge in [0.2, 0.25) is 5.91 Å². The van der Waals surface area contributed by atoms with E-state index in [1.807, 2.05) is 30.3 Å². The van der Waals surface area contributed by atoms with Gasteiger partial charge in [-0.3, -0.25) is 9.59 Å². The van der Waals surface area contributed by atoms with Gasteiger partial charge in [0.05, 0.1) is 6.54 Å². The zero-order valence-electron chi connectivity index (χ0n) is 13.3. The molecule has 114 valence electrons. The molecule has 4 heteroatoms. The van der Waals surface area contributed by atoms with Gasteiger partial charge in [-0.15, -0.1) is 0 Å². The van der Waals surface area contributed by atoms with Crippen molar-refractivity contribution in [3.63, 3.8) is 0 Å². The first kappa shape index (κ1) is 15.5. The highest BCUT2D eigenvalue weighted by Gasteiger charge is 2.44. The minimum absolute atomic E-state index is 0.0300. The maximum absolute atomic E-state index is 12.8. The van der Waals surface area contributed by atoms with Crippen molar-refractivity contribution in [2.75, 3.05) is 13.1 Å². The third-order valence-electron chi connectivity index (χ3n) is 3.92. The van der Waals surface area contributed by atoms with E-state index in [1.54, 1.807) is 11.8 Å². The van der Waals surface area contributed by atoms with Crippen molar-refractivity contribution in [2.24, 2.45) is 5.41 Å². The average Bonchev–Trinajstić information content (AvgIpc) is 2.41. The van der Waals surface area contributed by atoms with Crippen molar-refractivity contribution < 1.29 is 9.59 Å². The second-order valence-corrected chi connectivity index (χ2v) is 7.08. The molecule has 2 rings (SSSR count). The average molecular weight is 288 g/mol. The predicted octanol–water partition coefficient (Wildman–Crippen LogP) is 2.30. The van der Waals surface area contributed by atoms with Gasteiger partial charge < -0.3 is 10.2 Å². The Hall–Kier alpha value is -1.84. The molecule has 0 aliphatic carbocycles. The van der Waals surface area contributed by atoms with Crippen molar-refractivity contribution in [3.8, 4) is 0 Å². The molecule has 1 atom stereocenters. The Morgan fingerprint density at radius 3 is 2.38 bits per heavy atom. The summed E-state index contributed by atoms with van der Waals surface area (Å²) in [6.45, 7) is 8.95. The van der Waals surface area contributed by atoms with Crippen LogP contribution in [-0.2, 0) is 15.1 Å². The van der Waals surface area contributed by atoms with Crippen LogP contribution < -0.4 is 5.32 Å². The zero-order chi connectivity index (χ0) is 15.7. The van der Waals surface area contributed by atoms with E-state index in [-0.39, 0.29) is 23.8 Å². The van der Waals surface area contributed by atoms with Gasteiger partial charge in [0.1, 0.15) is 5.54 Å². The van der Waals surface area contributed by atoms with Crippen LogP contribution in [0.3, 0.4) is 0 Å². The maximum Gasteiger partial charge on any atom is 0.253 e. The van der Waals surface area contributed by atoms with Gasteiger partial charge in [0.25, 0.3) is 5.91 Å². The summed E-state index contributed by atoms with van der Waals surface area (Å²) in [6, 6.07) is 9.43. The van der Waals surface area contributed by atoms with Gasteiger partial charge in [-0.25, -0.2) is 0 Å². The molecular formula is C17H24N2O2. The van der Waals surface area contributed by atoms with E-state index in [0.717, 1.165) is 12.0 Å². The van der Waals surface area contributed by atoms with Crippen LogP contribution in [0.5, 0.6) is 0 Å². The molecule has 0 bridgehead atoms. The summed E-state index contributed by atoms with van der Waals surface area (Å²) in [5.41, 5.74) is -0.00458. The van der Waals surface area contributed by atoms with E-state index in [0.29, 0.717) is 6.54 Å². The Morgan fingerprint density at radius 1 is 1.19 bits per heavy atom. The minimum Gasteiger partial charge on any atom is -0.337 e. The van der Waals surface area contributed by atoms with Gasteiger partial charge in [-0.1, -0.05) is 51.1 Å². The number of benzene rings is 1. The molecule has 1 fully saturated rings. The molecule has 1 unspecified atom stereocenters. The molecule has 0 spiro atoms. The van der Waals surface area contributed by atoms with Crippen molar-refractivity contribution in [1.29, 1.82) is 0 Å². The van der Waals surface area contributed by atoms with E-state index in [2.05, 4.69) is 26.1 Å². The standard InChI is InChI=1S/C17H24N2O2/c1-16(2,3)10-11-19-12-14(20)18-17(4,15(19)21)13-8-6-5-7-9-13/h5-9H,10-12H2,1-4H3,(H,18,20). The summed E-state index contributed by atoms with van der Waals surface area (Å²) in [5, 5.41) is 2.86. The van der Waals surface area contributed by atoms with Gasteiger partial charge in [0.15, 0.2) is 0 Å². The Morgan fingerprint density at radius 2 is 1.81 bits per heavy atom. The summed E-state index contributed by atoms with van der Waals surface area (Å²) >= 11 is 0. The topological polar surface area (TPSA) is 49.4 Å². The monoisotopic (exact) mass is 288 g/mol. The highest BCUT2D eigenvalue weighted by Crippen LogP contribution is 2.27. The molecule has 1 saturated heterocycles. The van der Waals surface area contributed by atoms with E-state index < -0.39 is 5.54 Å². The highest BCUT2D eigenvalue weighted by molar-refractivity contribution is 5.98. The lowest BCUT2D eigenvalue weighted by Gasteiger charge is -2.40. The summed E-state index contributed by atoms with van der Waals surface area (Å²) in [7, 11) is 0. The number of amides is 2. The van der Waals surface area contributed by atoms with Crippen LogP contribution in [0.15, 0.2) is 30.3 Å². The fourth-order valence-electron chi connectivity index (χ4n) is 2.55. The van der Waals surface area contributed by atoms with Crippen LogP contribution in [0.1, 0.15) is 39.7 Å². The van der Waals surface area contributed by atoms with Crippen molar-refractivity contribution >= 4 is 11.8 Å². The first-order chi connectivity index (χ1) is 9.72. The van der Waals surface area contributed by atoms with Crippen LogP contribution in [0, 0.1) is 5.41 Å². The Kier molecular flexibility index (Phi) is 4.08. The molecule has 1 aliphatic rings. The molecule has 0 saturated carbocycles. The molecule has 2 amide bonds. The van der Waals surface area contributed by atoms with Crippen molar-refractivity contribution in [2.45, 2.75) is 39.7 Å². The predicted molar refractivity (Wildman–Crippen MR) is 82.6 cm³/mol. The SMILES string of the molecule is CC(C)(C)CCN1CC(=O)NC(C)(c2ccccc2)C1=O. The Balaban J connectivity index is 2.23. The summed E-state index contributed by atoms with van der Waals surface area (Å²) in [5.74, 6) is -0.132. The first-order valence-electron chi connectivity index (χ1n) is 7.38. The van der Waals surface area contributed by atoms with Crippen LogP contribution in [0.25, 0.3) is 0 Å². The number of hydrogen-bond donors (Lipinski definition) is 1. The van der Waals surface area contributed by atoms with Gasteiger partial charge >= 0.3 is 0 Å². The first-order valence-corrected chi connectivity index (χ1v) is 7.38. The van der Waals surface area contributed by atoms with Crippen LogP contribution in [0.4, 0.5) is 0 Å². The smallest absolute Gasteiger partial charge is 0.253 e. The van der Waals surface area contributed by atoms with E-state index >= 15 is 0 Å². The molecule has 21 heavy (non-hydrogen) atoms. The van der Waals surface area contributed by atoms with Crippen molar-refractivity contribution in [3.05, 3.63) is 35.9 Å². The fraction of sp³-hybridized carbons (Fsp3) is 0.529. The highest BCUT2D eigenvalue weighted by atomic mass is 16.2. The molecule has 1 aromatic carbocycles. The maximum atomic E-state index is 12.8. The molecule has 4 nitrogen and oxygen atoms in total. The van der Waals surface area contributed by atoms with Crippen molar-refractivity contribution in [1.82, 2.24) is 10.2 Å². The minimum atomic E-state index is -0.964. The third kappa shape index (κ3) is 3.43. The summed E-state index contributed by atoms with van der Waals surface area (Å²) in [4.78, 5) is 26.5. The lowest BCUT2D eigenvalue weighted by Crippen LogP contribution is -2.63. The fourth-order valence-corrected chi connectivity index (χ4v) is 2.55.